The lowest BCUT2D eigenvalue weighted by atomic mass is 9.52. The van der Waals surface area contributed by atoms with Crippen LogP contribution >= 0.6 is 0 Å². The van der Waals surface area contributed by atoms with Crippen LogP contribution in [0.15, 0.2) is 6.07 Å². The summed E-state index contributed by atoms with van der Waals surface area (Å²) >= 11 is 0. The van der Waals surface area contributed by atoms with Crippen LogP contribution in [0.4, 0.5) is 11.4 Å². The van der Waals surface area contributed by atoms with E-state index < -0.39 is 70.1 Å². The summed E-state index contributed by atoms with van der Waals surface area (Å²) in [6.07, 6.45) is 0.190. The number of benzene rings is 1. The minimum Gasteiger partial charge on any atom is -0.505 e. The van der Waals surface area contributed by atoms with Crippen molar-refractivity contribution in [2.24, 2.45) is 29.4 Å². The predicted molar refractivity (Wildman–Crippen MR) is 120 cm³/mol. The number of primary amides is 1. The Bertz CT molecular complexity index is 1160. The molecule has 4 rings (SSSR count). The van der Waals surface area contributed by atoms with Crippen LogP contribution in [0, 0.1) is 23.7 Å². The molecular weight excluding hydrogens is 444 g/mol. The molecule has 11 nitrogen and oxygen atoms in total. The topological polar surface area (TPSA) is 184 Å². The van der Waals surface area contributed by atoms with Crippen molar-refractivity contribution in [2.45, 2.75) is 24.5 Å². The molecule has 182 valence electrons. The number of phenolic OH excluding ortho intramolecular Hbond substituents is 1. The number of carbonyl (C=O) groups excluding carboxylic acids is 5. The highest BCUT2D eigenvalue weighted by Crippen LogP contribution is 2.52. The van der Waals surface area contributed by atoms with Crippen LogP contribution in [0.3, 0.4) is 0 Å². The lowest BCUT2D eigenvalue weighted by Gasteiger charge is -2.52. The fourth-order valence-electron chi connectivity index (χ4n) is 6.07. The molecule has 3 aliphatic carbocycles. The Morgan fingerprint density at radius 1 is 1.12 bits per heavy atom. The highest BCUT2D eigenvalue weighted by Gasteiger charge is 2.69. The number of carbonyl (C=O) groups is 5. The van der Waals surface area contributed by atoms with E-state index in [-0.39, 0.29) is 24.1 Å². The number of nitrogens with two attached hydrogens (primary N) is 2. The standard InChI is InChI=1S/C23H28N4O7/c1-26(2)12-7-11(24)17(28)14-9(12)5-8-6-10-16(27(3)4)19(30)15(22(25)33)21(32)23(10,34)20(31)13(8)18(14)29/h7-8,10,13,15-16,28,34H,5-6,24H2,1-4H3,(H2,25,33)/t8-,10-,13?,15?,16?,23-/m0/s1. The Labute approximate surface area is 195 Å². The number of phenols is 1. The highest BCUT2D eigenvalue weighted by molar-refractivity contribution is 6.32. The highest BCUT2D eigenvalue weighted by atomic mass is 16.3. The molecular formula is C23H28N4O7. The van der Waals surface area contributed by atoms with Gasteiger partial charge in [0, 0.05) is 25.7 Å². The lowest BCUT2D eigenvalue weighted by molar-refractivity contribution is -0.181. The number of nitrogens with zero attached hydrogens (tertiary/aromatic N) is 2. The van der Waals surface area contributed by atoms with Gasteiger partial charge in [-0.1, -0.05) is 0 Å². The van der Waals surface area contributed by atoms with Gasteiger partial charge in [-0.05, 0) is 44.5 Å². The molecule has 0 aliphatic heterocycles. The van der Waals surface area contributed by atoms with E-state index in [1.54, 1.807) is 33.1 Å². The predicted octanol–water partition coefficient (Wildman–Crippen LogP) is -1.48. The normalized spacial score (nSPS) is 32.8. The molecule has 1 aromatic rings. The molecule has 0 spiro atoms. The summed E-state index contributed by atoms with van der Waals surface area (Å²) in [6.45, 7) is 0. The second-order valence-corrected chi connectivity index (χ2v) is 9.87. The summed E-state index contributed by atoms with van der Waals surface area (Å²) in [5.41, 5.74) is 9.41. The van der Waals surface area contributed by atoms with Gasteiger partial charge < -0.3 is 26.6 Å². The zero-order chi connectivity index (χ0) is 25.4. The molecule has 34 heavy (non-hydrogen) atoms. The zero-order valence-electron chi connectivity index (χ0n) is 19.4. The van der Waals surface area contributed by atoms with Crippen LogP contribution in [-0.4, -0.2) is 84.0 Å². The van der Waals surface area contributed by atoms with Crippen molar-refractivity contribution in [2.75, 3.05) is 38.8 Å². The zero-order valence-corrected chi connectivity index (χ0v) is 19.4. The molecule has 0 bridgehead atoms. The number of likely N-dealkylation sites (N-methyl/N-ethyl adjacent to an activating group) is 1. The Balaban J connectivity index is 1.91. The number of aliphatic hydroxyl groups is 1. The van der Waals surface area contributed by atoms with Crippen LogP contribution in [0.1, 0.15) is 22.3 Å². The van der Waals surface area contributed by atoms with Crippen molar-refractivity contribution in [3.05, 3.63) is 17.2 Å². The van der Waals surface area contributed by atoms with Gasteiger partial charge in [0.2, 0.25) is 5.91 Å². The van der Waals surface area contributed by atoms with E-state index in [9.17, 15) is 34.2 Å². The molecule has 11 heteroatoms. The van der Waals surface area contributed by atoms with Gasteiger partial charge in [-0.25, -0.2) is 0 Å². The summed E-state index contributed by atoms with van der Waals surface area (Å²) in [6, 6.07) is 0.408. The number of hydrogen-bond donors (Lipinski definition) is 4. The molecule has 3 aliphatic rings. The number of anilines is 2. The molecule has 6 N–H and O–H groups in total. The Morgan fingerprint density at radius 2 is 1.74 bits per heavy atom. The number of nitrogen functional groups attached to an aromatic ring is 1. The van der Waals surface area contributed by atoms with Crippen molar-refractivity contribution in [1.82, 2.24) is 4.90 Å². The second-order valence-electron chi connectivity index (χ2n) is 9.87. The molecule has 0 aromatic heterocycles. The van der Waals surface area contributed by atoms with Gasteiger partial charge in [0.25, 0.3) is 0 Å². The third kappa shape index (κ3) is 2.93. The van der Waals surface area contributed by atoms with Crippen molar-refractivity contribution in [3.63, 3.8) is 0 Å². The molecule has 1 amide bonds. The minimum absolute atomic E-state index is 0.00189. The Hall–Kier alpha value is -3.31. The molecule has 1 aromatic carbocycles. The van der Waals surface area contributed by atoms with E-state index in [1.807, 2.05) is 0 Å². The summed E-state index contributed by atoms with van der Waals surface area (Å²) < 4.78 is 0. The summed E-state index contributed by atoms with van der Waals surface area (Å²) in [5, 5.41) is 22.1. The quantitative estimate of drug-likeness (QED) is 0.230. The number of fused-ring (bicyclic) bond motifs is 3. The maximum absolute atomic E-state index is 13.7. The first-order chi connectivity index (χ1) is 15.7. The van der Waals surface area contributed by atoms with Gasteiger partial charge >= 0.3 is 0 Å². The van der Waals surface area contributed by atoms with Gasteiger partial charge in [0.1, 0.15) is 5.75 Å². The van der Waals surface area contributed by atoms with Gasteiger partial charge in [-0.3, -0.25) is 28.9 Å². The number of Topliss-reactive ketones (excluding diaryl/α,β-unsaturated/α-hetero) is 4. The third-order valence-electron chi connectivity index (χ3n) is 7.55. The van der Waals surface area contributed by atoms with E-state index in [2.05, 4.69) is 0 Å². The van der Waals surface area contributed by atoms with Crippen molar-refractivity contribution >= 4 is 40.4 Å². The van der Waals surface area contributed by atoms with Crippen LogP contribution in [0.5, 0.6) is 5.75 Å². The summed E-state index contributed by atoms with van der Waals surface area (Å²) in [4.78, 5) is 68.7. The van der Waals surface area contributed by atoms with Crippen molar-refractivity contribution in [1.29, 1.82) is 0 Å². The monoisotopic (exact) mass is 472 g/mol. The molecule has 0 heterocycles. The fraction of sp³-hybridized carbons (Fsp3) is 0.522. The smallest absolute Gasteiger partial charge is 0.235 e. The fourth-order valence-corrected chi connectivity index (χ4v) is 6.07. The number of aromatic hydroxyl groups is 1. The molecule has 2 fully saturated rings. The van der Waals surface area contributed by atoms with E-state index in [4.69, 9.17) is 11.5 Å². The molecule has 6 atom stereocenters. The summed E-state index contributed by atoms with van der Waals surface area (Å²) in [5.74, 6) is -10.8. The van der Waals surface area contributed by atoms with Gasteiger partial charge in [-0.2, -0.15) is 0 Å². The number of ketones is 4. The maximum atomic E-state index is 13.7. The van der Waals surface area contributed by atoms with E-state index in [0.717, 1.165) is 0 Å². The molecule has 2 saturated carbocycles. The average molecular weight is 472 g/mol. The molecule has 3 unspecified atom stereocenters. The van der Waals surface area contributed by atoms with Gasteiger partial charge in [0.15, 0.2) is 34.7 Å². The van der Waals surface area contributed by atoms with E-state index in [1.165, 1.54) is 11.0 Å². The van der Waals surface area contributed by atoms with Crippen molar-refractivity contribution < 1.29 is 34.2 Å². The van der Waals surface area contributed by atoms with Crippen LogP contribution in [0.2, 0.25) is 0 Å². The minimum atomic E-state index is -2.74. The second kappa shape index (κ2) is 7.60. The van der Waals surface area contributed by atoms with Crippen LogP contribution < -0.4 is 16.4 Å². The van der Waals surface area contributed by atoms with E-state index >= 15 is 0 Å². The first-order valence-corrected chi connectivity index (χ1v) is 10.9. The Kier molecular flexibility index (Phi) is 5.33. The SMILES string of the molecule is CN(C)c1cc(N)c(O)c2c1C[C@H]1C[C@H]3C(N(C)C)C(=O)C(C(N)=O)C(=O)[C@@]3(O)C(=O)C1C2=O. The average Bonchev–Trinajstić information content (AvgIpc) is 2.72. The number of amides is 1. The first kappa shape index (κ1) is 23.8. The summed E-state index contributed by atoms with van der Waals surface area (Å²) in [7, 11) is 6.58. The third-order valence-corrected chi connectivity index (χ3v) is 7.55. The lowest BCUT2D eigenvalue weighted by Crippen LogP contribution is -2.74. The first-order valence-electron chi connectivity index (χ1n) is 10.9. The number of rotatable bonds is 3. The van der Waals surface area contributed by atoms with Crippen molar-refractivity contribution in [3.8, 4) is 5.75 Å². The van der Waals surface area contributed by atoms with E-state index in [0.29, 0.717) is 11.3 Å². The van der Waals surface area contributed by atoms with Gasteiger partial charge in [0.05, 0.1) is 23.2 Å². The van der Waals surface area contributed by atoms with Crippen LogP contribution in [0.25, 0.3) is 0 Å². The van der Waals surface area contributed by atoms with Gasteiger partial charge in [-0.15, -0.1) is 0 Å². The maximum Gasteiger partial charge on any atom is 0.235 e. The molecule has 0 radical (unpaired) electrons. The largest absolute Gasteiger partial charge is 0.505 e. The Morgan fingerprint density at radius 3 is 2.26 bits per heavy atom. The molecule has 0 saturated heterocycles. The van der Waals surface area contributed by atoms with Crippen LogP contribution in [-0.2, 0) is 25.6 Å². The number of hydrogen-bond acceptors (Lipinski definition) is 10.